The van der Waals surface area contributed by atoms with Crippen molar-refractivity contribution in [1.29, 1.82) is 0 Å². The Kier molecular flexibility index (Phi) is 3.90. The van der Waals surface area contributed by atoms with E-state index in [9.17, 15) is 10.1 Å². The number of aromatic nitrogens is 1. The quantitative estimate of drug-likeness (QED) is 0.590. The van der Waals surface area contributed by atoms with Crippen molar-refractivity contribution < 1.29 is 14.4 Å². The van der Waals surface area contributed by atoms with Gasteiger partial charge in [-0.2, -0.15) is 0 Å². The molecule has 1 saturated heterocycles. The summed E-state index contributed by atoms with van der Waals surface area (Å²) in [6, 6.07) is 2.55. The van der Waals surface area contributed by atoms with Gasteiger partial charge in [0.1, 0.15) is 11.6 Å². The first kappa shape index (κ1) is 12.5. The van der Waals surface area contributed by atoms with Crippen molar-refractivity contribution in [2.75, 3.05) is 37.4 Å². The first-order chi connectivity index (χ1) is 8.65. The SMILES string of the molecule is Nc1cc([N+](=O)[O-])cc(NCC2COCCO2)n1. The van der Waals surface area contributed by atoms with E-state index < -0.39 is 4.92 Å². The van der Waals surface area contributed by atoms with Crippen molar-refractivity contribution in [3.8, 4) is 0 Å². The van der Waals surface area contributed by atoms with Gasteiger partial charge in [0.2, 0.25) is 0 Å². The second-order valence-corrected chi connectivity index (χ2v) is 3.84. The van der Waals surface area contributed by atoms with Crippen LogP contribution in [0.5, 0.6) is 0 Å². The molecule has 0 spiro atoms. The minimum absolute atomic E-state index is 0.0824. The molecule has 0 amide bonds. The summed E-state index contributed by atoms with van der Waals surface area (Å²) < 4.78 is 10.7. The molecular formula is C10H14N4O4. The molecule has 0 saturated carbocycles. The molecule has 0 aliphatic carbocycles. The lowest BCUT2D eigenvalue weighted by Crippen LogP contribution is -2.34. The highest BCUT2D eigenvalue weighted by Gasteiger charge is 2.15. The molecule has 2 rings (SSSR count). The van der Waals surface area contributed by atoms with Gasteiger partial charge in [-0.05, 0) is 0 Å². The zero-order valence-corrected chi connectivity index (χ0v) is 9.67. The van der Waals surface area contributed by atoms with Crippen LogP contribution in [0.2, 0.25) is 0 Å². The number of rotatable bonds is 4. The maximum Gasteiger partial charge on any atom is 0.276 e. The number of pyridine rings is 1. The summed E-state index contributed by atoms with van der Waals surface area (Å²) in [5, 5.41) is 13.6. The van der Waals surface area contributed by atoms with Crippen LogP contribution < -0.4 is 11.1 Å². The number of ether oxygens (including phenoxy) is 2. The van der Waals surface area contributed by atoms with Crippen molar-refractivity contribution in [1.82, 2.24) is 4.98 Å². The second-order valence-electron chi connectivity index (χ2n) is 3.84. The maximum absolute atomic E-state index is 10.7. The monoisotopic (exact) mass is 254 g/mol. The average Bonchev–Trinajstić information content (AvgIpc) is 2.37. The topological polar surface area (TPSA) is 113 Å². The molecule has 18 heavy (non-hydrogen) atoms. The van der Waals surface area contributed by atoms with Gasteiger partial charge in [-0.1, -0.05) is 0 Å². The zero-order valence-electron chi connectivity index (χ0n) is 9.67. The Morgan fingerprint density at radius 2 is 2.39 bits per heavy atom. The molecule has 0 aromatic carbocycles. The van der Waals surface area contributed by atoms with Gasteiger partial charge in [0.25, 0.3) is 5.69 Å². The van der Waals surface area contributed by atoms with Crippen LogP contribution in [0.15, 0.2) is 12.1 Å². The van der Waals surface area contributed by atoms with Crippen molar-refractivity contribution in [2.24, 2.45) is 0 Å². The number of hydrogen-bond acceptors (Lipinski definition) is 7. The molecular weight excluding hydrogens is 240 g/mol. The van der Waals surface area contributed by atoms with Crippen LogP contribution in [0.4, 0.5) is 17.3 Å². The number of nitrogens with two attached hydrogens (primary N) is 1. The normalized spacial score (nSPS) is 19.4. The van der Waals surface area contributed by atoms with E-state index in [-0.39, 0.29) is 17.6 Å². The van der Waals surface area contributed by atoms with Crippen LogP contribution in [0.3, 0.4) is 0 Å². The first-order valence-corrected chi connectivity index (χ1v) is 5.50. The van der Waals surface area contributed by atoms with E-state index in [1.807, 2.05) is 0 Å². The summed E-state index contributed by atoms with van der Waals surface area (Å²) in [7, 11) is 0. The van der Waals surface area contributed by atoms with Crippen LogP contribution >= 0.6 is 0 Å². The minimum atomic E-state index is -0.510. The van der Waals surface area contributed by atoms with Crippen LogP contribution in [0.1, 0.15) is 0 Å². The summed E-state index contributed by atoms with van der Waals surface area (Å²) in [6.07, 6.45) is -0.0824. The van der Waals surface area contributed by atoms with E-state index in [4.69, 9.17) is 15.2 Å². The molecule has 1 aromatic heterocycles. The van der Waals surface area contributed by atoms with Gasteiger partial charge < -0.3 is 20.5 Å². The highest BCUT2D eigenvalue weighted by Crippen LogP contribution is 2.18. The molecule has 2 heterocycles. The number of hydrogen-bond donors (Lipinski definition) is 2. The fourth-order valence-corrected chi connectivity index (χ4v) is 1.61. The number of nitrogens with one attached hydrogen (secondary N) is 1. The van der Waals surface area contributed by atoms with Gasteiger partial charge in [-0.3, -0.25) is 10.1 Å². The lowest BCUT2D eigenvalue weighted by atomic mass is 10.3. The van der Waals surface area contributed by atoms with Crippen LogP contribution in [-0.2, 0) is 9.47 Å². The molecule has 1 fully saturated rings. The summed E-state index contributed by atoms with van der Waals surface area (Å²) in [4.78, 5) is 14.1. The van der Waals surface area contributed by atoms with E-state index in [0.29, 0.717) is 32.2 Å². The summed E-state index contributed by atoms with van der Waals surface area (Å²) in [5.41, 5.74) is 5.40. The molecule has 8 nitrogen and oxygen atoms in total. The molecule has 3 N–H and O–H groups in total. The van der Waals surface area contributed by atoms with Gasteiger partial charge in [0.05, 0.1) is 43.0 Å². The largest absolute Gasteiger partial charge is 0.383 e. The number of nitrogens with zero attached hydrogens (tertiary/aromatic N) is 2. The summed E-state index contributed by atoms with van der Waals surface area (Å²) in [6.45, 7) is 2.11. The number of anilines is 2. The lowest BCUT2D eigenvalue weighted by Gasteiger charge is -2.23. The predicted octanol–water partition coefficient (Wildman–Crippen LogP) is 0.399. The third-order valence-corrected chi connectivity index (χ3v) is 2.44. The van der Waals surface area contributed by atoms with Crippen LogP contribution in [-0.4, -0.2) is 42.4 Å². The Balaban J connectivity index is 1.97. The number of nitrogen functional groups attached to an aromatic ring is 1. The third-order valence-electron chi connectivity index (χ3n) is 2.44. The molecule has 1 atom stereocenters. The van der Waals surface area contributed by atoms with Crippen LogP contribution in [0.25, 0.3) is 0 Å². The summed E-state index contributed by atoms with van der Waals surface area (Å²) in [5.74, 6) is 0.461. The molecule has 0 bridgehead atoms. The molecule has 8 heteroatoms. The zero-order chi connectivity index (χ0) is 13.0. The van der Waals surface area contributed by atoms with Gasteiger partial charge in [-0.25, -0.2) is 4.98 Å². The molecule has 1 unspecified atom stereocenters. The Morgan fingerprint density at radius 1 is 1.56 bits per heavy atom. The standard InChI is InChI=1S/C10H14N4O4/c11-9-3-7(14(15)16)4-10(13-9)12-5-8-6-17-1-2-18-8/h3-4,8H,1-2,5-6H2,(H3,11,12,13). The second kappa shape index (κ2) is 5.61. The molecule has 98 valence electrons. The first-order valence-electron chi connectivity index (χ1n) is 5.50. The Bertz CT molecular complexity index is 434. The van der Waals surface area contributed by atoms with E-state index in [2.05, 4.69) is 10.3 Å². The maximum atomic E-state index is 10.7. The minimum Gasteiger partial charge on any atom is -0.383 e. The van der Waals surface area contributed by atoms with Gasteiger partial charge in [0, 0.05) is 6.54 Å². The highest BCUT2D eigenvalue weighted by atomic mass is 16.6. The molecule has 1 aliphatic heterocycles. The summed E-state index contributed by atoms with van der Waals surface area (Å²) >= 11 is 0. The van der Waals surface area contributed by atoms with Gasteiger partial charge in [-0.15, -0.1) is 0 Å². The highest BCUT2D eigenvalue weighted by molar-refractivity contribution is 5.52. The molecule has 0 radical (unpaired) electrons. The van der Waals surface area contributed by atoms with Crippen molar-refractivity contribution in [2.45, 2.75) is 6.10 Å². The van der Waals surface area contributed by atoms with Crippen molar-refractivity contribution in [3.05, 3.63) is 22.2 Å². The van der Waals surface area contributed by atoms with Crippen molar-refractivity contribution >= 4 is 17.3 Å². The predicted molar refractivity (Wildman–Crippen MR) is 64.4 cm³/mol. The van der Waals surface area contributed by atoms with Gasteiger partial charge >= 0.3 is 0 Å². The van der Waals surface area contributed by atoms with E-state index in [1.54, 1.807) is 0 Å². The Hall–Kier alpha value is -1.93. The van der Waals surface area contributed by atoms with E-state index in [1.165, 1.54) is 12.1 Å². The smallest absolute Gasteiger partial charge is 0.276 e. The third kappa shape index (κ3) is 3.28. The van der Waals surface area contributed by atoms with Gasteiger partial charge in [0.15, 0.2) is 0 Å². The van der Waals surface area contributed by atoms with E-state index >= 15 is 0 Å². The average molecular weight is 254 g/mol. The van der Waals surface area contributed by atoms with Crippen molar-refractivity contribution in [3.63, 3.8) is 0 Å². The number of nitro groups is 1. The fourth-order valence-electron chi connectivity index (χ4n) is 1.61. The van der Waals surface area contributed by atoms with E-state index in [0.717, 1.165) is 0 Å². The molecule has 1 aliphatic rings. The molecule has 1 aromatic rings. The Labute approximate surface area is 103 Å². The fraction of sp³-hybridized carbons (Fsp3) is 0.500. The Morgan fingerprint density at radius 3 is 3.06 bits per heavy atom. The van der Waals surface area contributed by atoms with Crippen LogP contribution in [0, 0.1) is 10.1 Å². The lowest BCUT2D eigenvalue weighted by molar-refractivity contribution is -0.384.